The highest BCUT2D eigenvalue weighted by molar-refractivity contribution is 5.51. The molecule has 3 rings (SSSR count). The lowest BCUT2D eigenvalue weighted by Gasteiger charge is -2.39. The van der Waals surface area contributed by atoms with Crippen molar-refractivity contribution in [2.75, 3.05) is 5.32 Å². The number of nitrogens with zero attached hydrogens (tertiary/aromatic N) is 2. The van der Waals surface area contributed by atoms with E-state index in [1.165, 1.54) is 0 Å². The number of anilines is 1. The molecule has 4 N–H and O–H groups in total. The second-order valence-electron chi connectivity index (χ2n) is 5.96. The SMILES string of the molecule is C[C@@H]1O[C@H](Nc2ccc(N=Nc3ccccc3)cc2)[C@H](O)[C@H](O)[C@@H]1O. The molecule has 1 heterocycles. The van der Waals surface area contributed by atoms with E-state index >= 15 is 0 Å². The fourth-order valence-electron chi connectivity index (χ4n) is 2.57. The van der Waals surface area contributed by atoms with Crippen molar-refractivity contribution in [3.05, 3.63) is 54.6 Å². The highest BCUT2D eigenvalue weighted by Gasteiger charge is 2.41. The van der Waals surface area contributed by atoms with Crippen molar-refractivity contribution in [1.82, 2.24) is 0 Å². The summed E-state index contributed by atoms with van der Waals surface area (Å²) in [5.74, 6) is 0. The number of aliphatic hydroxyl groups excluding tert-OH is 3. The van der Waals surface area contributed by atoms with Crippen molar-refractivity contribution >= 4 is 17.1 Å². The zero-order chi connectivity index (χ0) is 17.8. The van der Waals surface area contributed by atoms with E-state index in [1.807, 2.05) is 30.3 Å². The average Bonchev–Trinajstić information content (AvgIpc) is 2.64. The highest BCUT2D eigenvalue weighted by Crippen LogP contribution is 2.24. The van der Waals surface area contributed by atoms with Gasteiger partial charge in [0.15, 0.2) is 6.23 Å². The van der Waals surface area contributed by atoms with E-state index < -0.39 is 30.6 Å². The third kappa shape index (κ3) is 4.21. The first-order chi connectivity index (χ1) is 12.0. The number of rotatable bonds is 4. The Morgan fingerprint density at radius 1 is 0.800 bits per heavy atom. The van der Waals surface area contributed by atoms with Crippen molar-refractivity contribution in [3.63, 3.8) is 0 Å². The molecule has 0 saturated carbocycles. The van der Waals surface area contributed by atoms with Crippen LogP contribution in [0.3, 0.4) is 0 Å². The van der Waals surface area contributed by atoms with E-state index in [0.717, 1.165) is 5.69 Å². The van der Waals surface area contributed by atoms with Crippen LogP contribution >= 0.6 is 0 Å². The number of azo groups is 1. The van der Waals surface area contributed by atoms with Crippen LogP contribution in [0.4, 0.5) is 17.1 Å². The Bertz CT molecular complexity index is 708. The second-order valence-corrected chi connectivity index (χ2v) is 5.96. The zero-order valence-corrected chi connectivity index (χ0v) is 13.7. The summed E-state index contributed by atoms with van der Waals surface area (Å²) < 4.78 is 5.51. The van der Waals surface area contributed by atoms with Gasteiger partial charge in [0.2, 0.25) is 0 Å². The smallest absolute Gasteiger partial charge is 0.157 e. The van der Waals surface area contributed by atoms with Gasteiger partial charge >= 0.3 is 0 Å². The molecular formula is C18H21N3O4. The normalized spacial score (nSPS) is 29.7. The monoisotopic (exact) mass is 343 g/mol. The maximum absolute atomic E-state index is 10.0. The van der Waals surface area contributed by atoms with Crippen molar-refractivity contribution in [1.29, 1.82) is 0 Å². The van der Waals surface area contributed by atoms with Gasteiger partial charge in [0.1, 0.15) is 18.3 Å². The molecule has 0 radical (unpaired) electrons. The Kier molecular flexibility index (Phi) is 5.40. The molecule has 0 spiro atoms. The number of aliphatic hydroxyl groups is 3. The van der Waals surface area contributed by atoms with E-state index in [2.05, 4.69) is 15.5 Å². The molecular weight excluding hydrogens is 322 g/mol. The third-order valence-electron chi connectivity index (χ3n) is 4.07. The summed E-state index contributed by atoms with van der Waals surface area (Å²) in [5, 5.41) is 40.9. The summed E-state index contributed by atoms with van der Waals surface area (Å²) in [7, 11) is 0. The lowest BCUT2D eigenvalue weighted by Crippen LogP contribution is -2.58. The lowest BCUT2D eigenvalue weighted by atomic mass is 9.99. The van der Waals surface area contributed by atoms with Gasteiger partial charge in [-0.15, -0.1) is 0 Å². The van der Waals surface area contributed by atoms with Crippen LogP contribution in [0.5, 0.6) is 0 Å². The maximum Gasteiger partial charge on any atom is 0.157 e. The molecule has 0 aromatic heterocycles. The molecule has 25 heavy (non-hydrogen) atoms. The molecule has 0 aliphatic carbocycles. The molecule has 0 amide bonds. The molecule has 7 heteroatoms. The Morgan fingerprint density at radius 3 is 2.04 bits per heavy atom. The average molecular weight is 343 g/mol. The Balaban J connectivity index is 1.64. The van der Waals surface area contributed by atoms with Gasteiger partial charge in [-0.05, 0) is 43.3 Å². The van der Waals surface area contributed by atoms with Crippen LogP contribution in [0.1, 0.15) is 6.92 Å². The second kappa shape index (κ2) is 7.71. The van der Waals surface area contributed by atoms with Crippen molar-refractivity contribution in [2.45, 2.75) is 37.6 Å². The molecule has 0 bridgehead atoms. The van der Waals surface area contributed by atoms with Gasteiger partial charge in [-0.25, -0.2) is 0 Å². The number of nitrogens with one attached hydrogen (secondary N) is 1. The molecule has 5 atom stereocenters. The zero-order valence-electron chi connectivity index (χ0n) is 13.7. The van der Waals surface area contributed by atoms with E-state index in [4.69, 9.17) is 4.74 Å². The van der Waals surface area contributed by atoms with E-state index in [9.17, 15) is 15.3 Å². The predicted molar refractivity (Wildman–Crippen MR) is 93.0 cm³/mol. The molecule has 2 aromatic rings. The van der Waals surface area contributed by atoms with Crippen LogP contribution < -0.4 is 5.32 Å². The fourth-order valence-corrected chi connectivity index (χ4v) is 2.57. The Hall–Kier alpha value is -2.32. The quantitative estimate of drug-likeness (QED) is 0.638. The van der Waals surface area contributed by atoms with Crippen LogP contribution in [0.2, 0.25) is 0 Å². The standard InChI is InChI=1S/C18H21N3O4/c1-11-15(22)16(23)17(24)18(25-11)19-12-7-9-14(10-8-12)21-20-13-5-3-2-4-6-13/h2-11,15-19,22-24H,1H3/t11-,15+,16+,17+,18-/m0/s1. The Morgan fingerprint density at radius 2 is 1.40 bits per heavy atom. The summed E-state index contributed by atoms with van der Waals surface area (Å²) in [4.78, 5) is 0. The number of hydrogen-bond donors (Lipinski definition) is 4. The van der Waals surface area contributed by atoms with Gasteiger partial charge in [0.05, 0.1) is 17.5 Å². The molecule has 7 nitrogen and oxygen atoms in total. The van der Waals surface area contributed by atoms with Gasteiger partial charge < -0.3 is 25.4 Å². The first kappa shape index (κ1) is 17.5. The van der Waals surface area contributed by atoms with Crippen LogP contribution in [-0.4, -0.2) is 46.0 Å². The van der Waals surface area contributed by atoms with Crippen molar-refractivity contribution in [3.8, 4) is 0 Å². The molecule has 0 unspecified atom stereocenters. The summed E-state index contributed by atoms with van der Waals surface area (Å²) in [6.07, 6.45) is -5.02. The first-order valence-corrected chi connectivity index (χ1v) is 8.07. The summed E-state index contributed by atoms with van der Waals surface area (Å²) >= 11 is 0. The Labute approximate surface area is 145 Å². The van der Waals surface area contributed by atoms with Crippen LogP contribution in [0.15, 0.2) is 64.8 Å². The predicted octanol–water partition coefficient (Wildman–Crippen LogP) is 2.34. The van der Waals surface area contributed by atoms with Gasteiger partial charge in [0.25, 0.3) is 0 Å². The fraction of sp³-hybridized carbons (Fsp3) is 0.333. The summed E-state index contributed by atoms with van der Waals surface area (Å²) in [6.45, 7) is 1.64. The molecule has 132 valence electrons. The van der Waals surface area contributed by atoms with E-state index in [-0.39, 0.29) is 0 Å². The molecule has 1 fully saturated rings. The molecule has 1 aliphatic heterocycles. The number of ether oxygens (including phenoxy) is 1. The minimum absolute atomic E-state index is 0.588. The number of benzene rings is 2. The van der Waals surface area contributed by atoms with Crippen molar-refractivity contribution < 1.29 is 20.1 Å². The van der Waals surface area contributed by atoms with Crippen LogP contribution in [-0.2, 0) is 4.74 Å². The van der Waals surface area contributed by atoms with Crippen molar-refractivity contribution in [2.24, 2.45) is 10.2 Å². The molecule has 1 aliphatic rings. The molecule has 1 saturated heterocycles. The number of hydrogen-bond acceptors (Lipinski definition) is 7. The van der Waals surface area contributed by atoms with Crippen LogP contribution in [0, 0.1) is 0 Å². The minimum Gasteiger partial charge on any atom is -0.388 e. The van der Waals surface area contributed by atoms with Gasteiger partial charge in [-0.3, -0.25) is 0 Å². The van der Waals surface area contributed by atoms with E-state index in [1.54, 1.807) is 31.2 Å². The first-order valence-electron chi connectivity index (χ1n) is 8.07. The highest BCUT2D eigenvalue weighted by atomic mass is 16.5. The summed E-state index contributed by atoms with van der Waals surface area (Å²) in [6, 6.07) is 16.5. The molecule has 2 aromatic carbocycles. The maximum atomic E-state index is 10.0. The minimum atomic E-state index is -1.26. The largest absolute Gasteiger partial charge is 0.388 e. The topological polar surface area (TPSA) is 107 Å². The van der Waals surface area contributed by atoms with Crippen LogP contribution in [0.25, 0.3) is 0 Å². The lowest BCUT2D eigenvalue weighted by molar-refractivity contribution is -0.209. The third-order valence-corrected chi connectivity index (χ3v) is 4.07. The van der Waals surface area contributed by atoms with Gasteiger partial charge in [-0.2, -0.15) is 10.2 Å². The van der Waals surface area contributed by atoms with E-state index in [0.29, 0.717) is 11.4 Å². The van der Waals surface area contributed by atoms with Gasteiger partial charge in [-0.1, -0.05) is 18.2 Å². The summed E-state index contributed by atoms with van der Waals surface area (Å²) in [5.41, 5.74) is 2.15. The van der Waals surface area contributed by atoms with Gasteiger partial charge in [0, 0.05) is 5.69 Å².